The Kier molecular flexibility index (Phi) is 5.07. The van der Waals surface area contributed by atoms with E-state index in [4.69, 9.17) is 35.3 Å². The largest absolute Gasteiger partial charge is 0.382 e. The second kappa shape index (κ2) is 6.34. The third kappa shape index (κ3) is 3.80. The lowest BCUT2D eigenvalue weighted by atomic mass is 10.4. The van der Waals surface area contributed by atoms with Gasteiger partial charge >= 0.3 is 0 Å². The van der Waals surface area contributed by atoms with Crippen LogP contribution in [0.3, 0.4) is 0 Å². The van der Waals surface area contributed by atoms with E-state index in [2.05, 4.69) is 20.7 Å². The fourth-order valence-corrected chi connectivity index (χ4v) is 1.57. The molecule has 0 spiro atoms. The second-order valence-corrected chi connectivity index (χ2v) is 4.24. The maximum atomic E-state index is 12.1. The van der Waals surface area contributed by atoms with Crippen molar-refractivity contribution in [2.75, 3.05) is 25.1 Å². The molecular formula is C9H14ClN7OS. The zero-order valence-corrected chi connectivity index (χ0v) is 12.0. The average Bonchev–Trinajstić information content (AvgIpc) is 2.33. The van der Waals surface area contributed by atoms with Crippen LogP contribution in [0.4, 0.5) is 11.6 Å². The molecule has 8 nitrogen and oxygen atoms in total. The van der Waals surface area contributed by atoms with Gasteiger partial charge in [-0.1, -0.05) is 11.6 Å². The number of carbonyl (C=O) groups excluding carboxylic acids is 1. The molecule has 104 valence electrons. The quantitative estimate of drug-likeness (QED) is 0.436. The van der Waals surface area contributed by atoms with Crippen molar-refractivity contribution in [2.45, 2.75) is 6.92 Å². The molecule has 0 saturated heterocycles. The van der Waals surface area contributed by atoms with Crippen LogP contribution in [0, 0.1) is 0 Å². The van der Waals surface area contributed by atoms with Gasteiger partial charge in [-0.2, -0.15) is 0 Å². The van der Waals surface area contributed by atoms with Gasteiger partial charge in [0.25, 0.3) is 5.91 Å². The molecule has 0 unspecified atom stereocenters. The number of aromatic nitrogens is 2. The van der Waals surface area contributed by atoms with E-state index in [0.717, 1.165) is 5.01 Å². The van der Waals surface area contributed by atoms with E-state index >= 15 is 0 Å². The fraction of sp³-hybridized carbons (Fsp3) is 0.333. The van der Waals surface area contributed by atoms with Crippen LogP contribution in [-0.4, -0.2) is 39.6 Å². The summed E-state index contributed by atoms with van der Waals surface area (Å²) in [5, 5.41) is 4.17. The first-order valence-electron chi connectivity index (χ1n) is 5.27. The summed E-state index contributed by atoms with van der Waals surface area (Å²) in [7, 11) is 1.47. The number of nitrogens with two attached hydrogens (primary N) is 2. The number of hydrogen-bond donors (Lipinski definition) is 4. The summed E-state index contributed by atoms with van der Waals surface area (Å²) in [5.74, 6) is -0.670. The summed E-state index contributed by atoms with van der Waals surface area (Å²) >= 11 is 10.7. The minimum absolute atomic E-state index is 0.0329. The number of hydrazine groups is 1. The lowest BCUT2D eigenvalue weighted by Gasteiger charge is -2.20. The maximum Gasteiger partial charge on any atom is 0.294 e. The van der Waals surface area contributed by atoms with Crippen LogP contribution in [0.2, 0.25) is 5.15 Å². The highest BCUT2D eigenvalue weighted by Crippen LogP contribution is 2.17. The van der Waals surface area contributed by atoms with Gasteiger partial charge in [0.1, 0.15) is 0 Å². The van der Waals surface area contributed by atoms with Crippen molar-refractivity contribution < 1.29 is 4.79 Å². The fourth-order valence-electron chi connectivity index (χ4n) is 1.16. The van der Waals surface area contributed by atoms with Gasteiger partial charge < -0.3 is 16.8 Å². The van der Waals surface area contributed by atoms with Crippen LogP contribution in [0.1, 0.15) is 17.4 Å². The summed E-state index contributed by atoms with van der Waals surface area (Å²) in [6.45, 7) is 2.50. The van der Waals surface area contributed by atoms with Crippen LogP contribution in [0.15, 0.2) is 0 Å². The van der Waals surface area contributed by atoms with Gasteiger partial charge in [0.2, 0.25) is 0 Å². The molecule has 0 aliphatic rings. The predicted molar refractivity (Wildman–Crippen MR) is 77.4 cm³/mol. The number of anilines is 2. The molecule has 19 heavy (non-hydrogen) atoms. The zero-order chi connectivity index (χ0) is 14.6. The lowest BCUT2D eigenvalue weighted by molar-refractivity contribution is 0.0753. The molecule has 6 N–H and O–H groups in total. The van der Waals surface area contributed by atoms with Crippen LogP contribution in [0.25, 0.3) is 0 Å². The highest BCUT2D eigenvalue weighted by Gasteiger charge is 2.20. The Balaban J connectivity index is 2.88. The molecule has 1 heterocycles. The van der Waals surface area contributed by atoms with Crippen LogP contribution >= 0.6 is 23.8 Å². The third-order valence-electron chi connectivity index (χ3n) is 2.02. The standard InChI is InChI=1S/C9H14ClN7OS/c1-3-13-9(19)16-17(2)8(18)4-6(11)15-7(12)5(10)14-4/h3H2,1-2H3,(H4,11,12,15)(H2,13,16,19). The van der Waals surface area contributed by atoms with Gasteiger partial charge in [-0.25, -0.2) is 9.97 Å². The molecule has 0 fully saturated rings. The number of rotatable bonds is 2. The van der Waals surface area contributed by atoms with Gasteiger partial charge in [0.05, 0.1) is 0 Å². The van der Waals surface area contributed by atoms with Crippen molar-refractivity contribution >= 4 is 46.5 Å². The number of amides is 1. The first-order chi connectivity index (χ1) is 8.86. The number of nitrogen functional groups attached to an aromatic ring is 2. The molecule has 1 rings (SSSR count). The van der Waals surface area contributed by atoms with E-state index in [-0.39, 0.29) is 22.5 Å². The molecule has 0 atom stereocenters. The molecule has 10 heteroatoms. The van der Waals surface area contributed by atoms with Crippen LogP contribution in [-0.2, 0) is 0 Å². The van der Waals surface area contributed by atoms with Gasteiger partial charge in [0.15, 0.2) is 27.6 Å². The minimum Gasteiger partial charge on any atom is -0.382 e. The van der Waals surface area contributed by atoms with E-state index in [0.29, 0.717) is 11.7 Å². The van der Waals surface area contributed by atoms with Crippen molar-refractivity contribution in [3.05, 3.63) is 10.8 Å². The number of thiocarbonyl (C=S) groups is 1. The molecule has 0 saturated carbocycles. The lowest BCUT2D eigenvalue weighted by Crippen LogP contribution is -2.48. The minimum atomic E-state index is -0.535. The number of carbonyl (C=O) groups is 1. The molecule has 1 aromatic rings. The third-order valence-corrected chi connectivity index (χ3v) is 2.53. The molecule has 1 aromatic heterocycles. The van der Waals surface area contributed by atoms with Gasteiger partial charge in [0, 0.05) is 13.6 Å². The summed E-state index contributed by atoms with van der Waals surface area (Å²) in [6.07, 6.45) is 0. The van der Waals surface area contributed by atoms with Crippen molar-refractivity contribution in [3.8, 4) is 0 Å². The second-order valence-electron chi connectivity index (χ2n) is 3.47. The van der Waals surface area contributed by atoms with Gasteiger partial charge in [-0.15, -0.1) is 0 Å². The van der Waals surface area contributed by atoms with E-state index in [9.17, 15) is 4.79 Å². The number of nitrogens with one attached hydrogen (secondary N) is 2. The van der Waals surface area contributed by atoms with E-state index in [1.54, 1.807) is 0 Å². The topological polar surface area (TPSA) is 122 Å². The number of halogens is 1. The van der Waals surface area contributed by atoms with E-state index in [1.165, 1.54) is 7.05 Å². The molecule has 0 bridgehead atoms. The molecule has 1 amide bonds. The molecular weight excluding hydrogens is 290 g/mol. The number of nitrogens with zero attached hydrogens (tertiary/aromatic N) is 3. The van der Waals surface area contributed by atoms with E-state index < -0.39 is 5.91 Å². The number of hydrogen-bond acceptors (Lipinski definition) is 6. The van der Waals surface area contributed by atoms with Crippen LogP contribution in [0.5, 0.6) is 0 Å². The highest BCUT2D eigenvalue weighted by atomic mass is 35.5. The van der Waals surface area contributed by atoms with Gasteiger partial charge in [-0.3, -0.25) is 15.2 Å². The zero-order valence-electron chi connectivity index (χ0n) is 10.4. The monoisotopic (exact) mass is 303 g/mol. The molecule has 0 aliphatic heterocycles. The Hall–Kier alpha value is -1.87. The molecule has 0 aliphatic carbocycles. The predicted octanol–water partition coefficient (Wildman–Crippen LogP) is -0.235. The smallest absolute Gasteiger partial charge is 0.294 e. The molecule has 0 aromatic carbocycles. The summed E-state index contributed by atoms with van der Waals surface area (Å²) in [4.78, 5) is 19.6. The van der Waals surface area contributed by atoms with Crippen LogP contribution < -0.4 is 22.2 Å². The summed E-state index contributed by atoms with van der Waals surface area (Å²) in [5.41, 5.74) is 13.6. The van der Waals surface area contributed by atoms with Crippen molar-refractivity contribution in [3.63, 3.8) is 0 Å². The Morgan fingerprint density at radius 3 is 2.63 bits per heavy atom. The van der Waals surface area contributed by atoms with Gasteiger partial charge in [-0.05, 0) is 19.1 Å². The van der Waals surface area contributed by atoms with E-state index in [1.807, 2.05) is 6.92 Å². The maximum absolute atomic E-state index is 12.1. The summed E-state index contributed by atoms with van der Waals surface area (Å²) in [6, 6.07) is 0. The average molecular weight is 304 g/mol. The Morgan fingerprint density at radius 2 is 2.05 bits per heavy atom. The highest BCUT2D eigenvalue weighted by molar-refractivity contribution is 7.80. The Morgan fingerprint density at radius 1 is 1.42 bits per heavy atom. The molecule has 0 radical (unpaired) electrons. The summed E-state index contributed by atoms with van der Waals surface area (Å²) < 4.78 is 0. The Labute approximate surface area is 120 Å². The normalized spacial score (nSPS) is 9.84. The first kappa shape index (κ1) is 15.2. The van der Waals surface area contributed by atoms with Crippen molar-refractivity contribution in [1.29, 1.82) is 0 Å². The van der Waals surface area contributed by atoms with Crippen molar-refractivity contribution in [1.82, 2.24) is 25.7 Å². The Bertz CT molecular complexity index is 510. The SMILES string of the molecule is CCNC(=S)NN(C)C(=O)c1nc(Cl)c(N)nc1N. The first-order valence-corrected chi connectivity index (χ1v) is 6.06. The van der Waals surface area contributed by atoms with Crippen molar-refractivity contribution in [2.24, 2.45) is 0 Å².